The maximum atomic E-state index is 9.65. The molecule has 0 spiro atoms. The predicted molar refractivity (Wildman–Crippen MR) is 252 cm³/mol. The minimum Gasteiger partial charge on any atom is -0.313 e. The van der Waals surface area contributed by atoms with Crippen LogP contribution in [0.25, 0.3) is 88.8 Å². The first-order valence-corrected chi connectivity index (χ1v) is 20.4. The second-order valence-corrected chi connectivity index (χ2v) is 15.5. The average molecular weight is 753 g/mol. The predicted octanol–water partition coefficient (Wildman–Crippen LogP) is 15.0. The summed E-state index contributed by atoms with van der Waals surface area (Å²) in [6.07, 6.45) is 6.01. The molecule has 11 rings (SSSR count). The zero-order chi connectivity index (χ0) is 39.5. The molecule has 0 amide bonds. The molecule has 278 valence electrons. The van der Waals surface area contributed by atoms with E-state index in [2.05, 4.69) is 175 Å². The molecule has 59 heavy (non-hydrogen) atoms. The molecule has 2 nitrogen and oxygen atoms in total. The van der Waals surface area contributed by atoms with Crippen LogP contribution in [0.1, 0.15) is 40.1 Å². The van der Waals surface area contributed by atoms with E-state index in [0.717, 1.165) is 40.9 Å². The van der Waals surface area contributed by atoms with Crippen LogP contribution in [0.2, 0.25) is 0 Å². The van der Waals surface area contributed by atoms with E-state index >= 15 is 0 Å². The number of nitrogens with one attached hydrogen (secondary N) is 1. The van der Waals surface area contributed by atoms with Crippen LogP contribution in [0.5, 0.6) is 0 Å². The molecule has 0 atom stereocenters. The molecule has 1 aromatic heterocycles. The van der Waals surface area contributed by atoms with E-state index in [0.29, 0.717) is 5.71 Å². The van der Waals surface area contributed by atoms with Gasteiger partial charge in [-0.2, -0.15) is 0 Å². The lowest BCUT2D eigenvalue weighted by molar-refractivity contribution is 0.878. The van der Waals surface area contributed by atoms with Gasteiger partial charge in [0.1, 0.15) is 0 Å². The Balaban J connectivity index is 1.21. The smallest absolute Gasteiger partial charge is 0.0712 e. The Bertz CT molecular complexity index is 3340. The van der Waals surface area contributed by atoms with Crippen molar-refractivity contribution in [1.82, 2.24) is 4.57 Å². The first-order chi connectivity index (χ1) is 29.2. The minimum atomic E-state index is 0.506. The summed E-state index contributed by atoms with van der Waals surface area (Å²) in [5.74, 6) is 0. The van der Waals surface area contributed by atoms with Crippen molar-refractivity contribution in [2.75, 3.05) is 0 Å². The number of hydrogen-bond donors (Lipinski definition) is 1. The molecule has 1 N–H and O–H groups in total. The monoisotopic (exact) mass is 752 g/mol. The summed E-state index contributed by atoms with van der Waals surface area (Å²) in [5, 5.41) is 19.6. The molecule has 9 aromatic carbocycles. The maximum absolute atomic E-state index is 9.65. The molecule has 1 aliphatic carbocycles. The number of aromatic nitrogens is 1. The van der Waals surface area contributed by atoms with Gasteiger partial charge in [-0.15, -0.1) is 0 Å². The highest BCUT2D eigenvalue weighted by Crippen LogP contribution is 2.48. The van der Waals surface area contributed by atoms with Crippen molar-refractivity contribution in [3.63, 3.8) is 0 Å². The fourth-order valence-corrected chi connectivity index (χ4v) is 9.71. The number of nitrogens with zero attached hydrogens (tertiary/aromatic N) is 1. The van der Waals surface area contributed by atoms with E-state index in [1.54, 1.807) is 0 Å². The second-order valence-electron chi connectivity index (χ2n) is 15.5. The van der Waals surface area contributed by atoms with Gasteiger partial charge in [0.05, 0.1) is 11.4 Å². The van der Waals surface area contributed by atoms with Crippen LogP contribution in [-0.4, -0.2) is 10.3 Å². The number of para-hydroxylation sites is 1. The van der Waals surface area contributed by atoms with Gasteiger partial charge < -0.3 is 4.57 Å². The van der Waals surface area contributed by atoms with Crippen LogP contribution < -0.4 is 0 Å². The Morgan fingerprint density at radius 1 is 0.508 bits per heavy atom. The maximum Gasteiger partial charge on any atom is 0.0712 e. The molecule has 0 aliphatic heterocycles. The van der Waals surface area contributed by atoms with Crippen molar-refractivity contribution in [2.45, 2.75) is 12.8 Å². The summed E-state index contributed by atoms with van der Waals surface area (Å²) in [6, 6.07) is 67.7. The summed E-state index contributed by atoms with van der Waals surface area (Å²) in [4.78, 5) is 0. The standard InChI is InChI=1S/C57H40N2/c1-2-52-56(57(58)39-19-5-3-6-20-39)51-36-41(32-34-53(51)59(52)42-23-7-4-8-24-42)40-31-33-49-50(35-40)55(46-30-16-22-38-18-10-12-26-44(38)46)48-28-14-13-27-47(48)54(49)45-29-15-21-37-17-9-11-25-43(37)45/h2-31,33,35-36,58H,1,32,34H2. The van der Waals surface area contributed by atoms with E-state index in [-0.39, 0.29) is 0 Å². The zero-order valence-electron chi connectivity index (χ0n) is 32.6. The highest BCUT2D eigenvalue weighted by atomic mass is 15.0. The van der Waals surface area contributed by atoms with Crippen molar-refractivity contribution in [1.29, 1.82) is 5.41 Å². The van der Waals surface area contributed by atoms with Crippen LogP contribution in [-0.2, 0) is 6.42 Å². The van der Waals surface area contributed by atoms with E-state index in [4.69, 9.17) is 0 Å². The lowest BCUT2D eigenvalue weighted by atomic mass is 9.82. The molecule has 1 aliphatic rings. The first kappa shape index (κ1) is 34.7. The first-order valence-electron chi connectivity index (χ1n) is 20.4. The van der Waals surface area contributed by atoms with Gasteiger partial charge in [-0.3, -0.25) is 5.41 Å². The summed E-state index contributed by atoms with van der Waals surface area (Å²) in [6.45, 7) is 4.31. The normalized spacial score (nSPS) is 12.5. The third kappa shape index (κ3) is 5.60. The van der Waals surface area contributed by atoms with E-state index < -0.39 is 0 Å². The van der Waals surface area contributed by atoms with Crippen molar-refractivity contribution in [2.24, 2.45) is 0 Å². The van der Waals surface area contributed by atoms with Gasteiger partial charge >= 0.3 is 0 Å². The Morgan fingerprint density at radius 2 is 1.03 bits per heavy atom. The van der Waals surface area contributed by atoms with E-state index in [1.165, 1.54) is 82.2 Å². The molecule has 10 aromatic rings. The Labute approximate surface area is 344 Å². The van der Waals surface area contributed by atoms with Crippen molar-refractivity contribution >= 4 is 66.5 Å². The molecule has 0 saturated carbocycles. The molecule has 0 bridgehead atoms. The third-order valence-electron chi connectivity index (χ3n) is 12.3. The molecule has 0 fully saturated rings. The highest BCUT2D eigenvalue weighted by molar-refractivity contribution is 6.25. The second kappa shape index (κ2) is 14.1. The molecule has 0 unspecified atom stereocenters. The lowest BCUT2D eigenvalue weighted by Crippen LogP contribution is -2.06. The van der Waals surface area contributed by atoms with Gasteiger partial charge in [-0.05, 0) is 120 Å². The van der Waals surface area contributed by atoms with Gasteiger partial charge in [0.2, 0.25) is 0 Å². The number of fused-ring (bicyclic) bond motifs is 5. The molecule has 2 heteroatoms. The lowest BCUT2D eigenvalue weighted by Gasteiger charge is -2.22. The Hall–Kier alpha value is -7.55. The van der Waals surface area contributed by atoms with Crippen molar-refractivity contribution in [3.05, 3.63) is 228 Å². The highest BCUT2D eigenvalue weighted by Gasteiger charge is 2.28. The largest absolute Gasteiger partial charge is 0.313 e. The van der Waals surface area contributed by atoms with Gasteiger partial charge in [-0.25, -0.2) is 0 Å². The number of hydrogen-bond acceptors (Lipinski definition) is 1. The Morgan fingerprint density at radius 3 is 1.66 bits per heavy atom. The van der Waals surface area contributed by atoms with Crippen LogP contribution in [0, 0.1) is 5.41 Å². The number of benzene rings is 9. The molecule has 0 saturated heterocycles. The third-order valence-corrected chi connectivity index (χ3v) is 12.3. The van der Waals surface area contributed by atoms with Gasteiger partial charge in [0.15, 0.2) is 0 Å². The van der Waals surface area contributed by atoms with Gasteiger partial charge in [-0.1, -0.05) is 176 Å². The van der Waals surface area contributed by atoms with Crippen LogP contribution >= 0.6 is 0 Å². The van der Waals surface area contributed by atoms with Crippen LogP contribution in [0.4, 0.5) is 0 Å². The van der Waals surface area contributed by atoms with Crippen molar-refractivity contribution < 1.29 is 0 Å². The van der Waals surface area contributed by atoms with Crippen LogP contribution in [0.3, 0.4) is 0 Å². The Kier molecular flexibility index (Phi) is 8.30. The molecular formula is C57H40N2. The van der Waals surface area contributed by atoms with E-state index in [1.807, 2.05) is 36.4 Å². The molecule has 1 heterocycles. The fourth-order valence-electron chi connectivity index (χ4n) is 9.71. The van der Waals surface area contributed by atoms with Crippen LogP contribution in [0.15, 0.2) is 195 Å². The quantitative estimate of drug-likeness (QED) is 0.124. The number of allylic oxidation sites excluding steroid dienone is 1. The van der Waals surface area contributed by atoms with Crippen molar-refractivity contribution in [3.8, 4) is 27.9 Å². The fraction of sp³-hybridized carbons (Fsp3) is 0.0351. The summed E-state index contributed by atoms with van der Waals surface area (Å²) in [5.41, 5.74) is 14.1. The summed E-state index contributed by atoms with van der Waals surface area (Å²) < 4.78 is 2.32. The van der Waals surface area contributed by atoms with Gasteiger partial charge in [0, 0.05) is 28.1 Å². The molecule has 0 radical (unpaired) electrons. The van der Waals surface area contributed by atoms with E-state index in [9.17, 15) is 5.41 Å². The zero-order valence-corrected chi connectivity index (χ0v) is 32.6. The average Bonchev–Trinajstić information content (AvgIpc) is 3.64. The van der Waals surface area contributed by atoms with Gasteiger partial charge in [0.25, 0.3) is 0 Å². The minimum absolute atomic E-state index is 0.506. The molecular weight excluding hydrogens is 713 g/mol. The number of rotatable bonds is 7. The summed E-state index contributed by atoms with van der Waals surface area (Å²) in [7, 11) is 0. The topological polar surface area (TPSA) is 28.8 Å². The summed E-state index contributed by atoms with van der Waals surface area (Å²) >= 11 is 0. The SMILES string of the molecule is C=Cc1c(C(=N)c2ccccc2)c2c(n1-c1ccccc1)CCC(c1ccc3c(-c4cccc5ccccc45)c4ccccc4c(-c4cccc5ccccc45)c3c1)=C2.